The third kappa shape index (κ3) is 4.00. The summed E-state index contributed by atoms with van der Waals surface area (Å²) in [5.41, 5.74) is 9.24. The fraction of sp³-hybridized carbons (Fsp3) is 0.0732. The molecule has 2 aromatic heterocycles. The highest BCUT2D eigenvalue weighted by atomic mass is 32.1. The van der Waals surface area contributed by atoms with Crippen molar-refractivity contribution in [3.8, 4) is 11.1 Å². The zero-order chi connectivity index (χ0) is 29.2. The van der Waals surface area contributed by atoms with Gasteiger partial charge in [-0.05, 0) is 88.3 Å². The van der Waals surface area contributed by atoms with Gasteiger partial charge in [0.05, 0.1) is 16.1 Å². The number of para-hydroxylation sites is 1. The monoisotopic (exact) mass is 583 g/mol. The fourth-order valence-corrected chi connectivity index (χ4v) is 8.10. The molecule has 3 heteroatoms. The van der Waals surface area contributed by atoms with Gasteiger partial charge in [-0.3, -0.25) is 0 Å². The van der Waals surface area contributed by atoms with E-state index in [1.54, 1.807) is 0 Å². The summed E-state index contributed by atoms with van der Waals surface area (Å²) in [5.74, 6) is 0.560. The Hall–Kier alpha value is -5.12. The van der Waals surface area contributed by atoms with Crippen molar-refractivity contribution in [3.63, 3.8) is 0 Å². The average molecular weight is 584 g/mol. The van der Waals surface area contributed by atoms with Crippen molar-refractivity contribution in [1.29, 1.82) is 0 Å². The van der Waals surface area contributed by atoms with Crippen molar-refractivity contribution in [2.24, 2.45) is 5.92 Å². The van der Waals surface area contributed by atoms with Gasteiger partial charge in [0, 0.05) is 26.7 Å². The Morgan fingerprint density at radius 3 is 2.25 bits per heavy atom. The van der Waals surface area contributed by atoms with Crippen LogP contribution in [-0.2, 0) is 6.42 Å². The highest BCUT2D eigenvalue weighted by Gasteiger charge is 2.23. The van der Waals surface area contributed by atoms with Gasteiger partial charge < -0.3 is 9.32 Å². The minimum Gasteiger partial charge on any atom is -0.456 e. The first-order chi connectivity index (χ1) is 21.7. The molecule has 0 spiro atoms. The predicted molar refractivity (Wildman–Crippen MR) is 189 cm³/mol. The van der Waals surface area contributed by atoms with E-state index in [0.717, 1.165) is 34.0 Å². The molecule has 0 N–H and O–H groups in total. The van der Waals surface area contributed by atoms with E-state index in [2.05, 4.69) is 139 Å². The molecule has 9 rings (SSSR count). The number of furan rings is 1. The molecule has 1 aliphatic rings. The summed E-state index contributed by atoms with van der Waals surface area (Å²) in [4.78, 5) is 3.84. The summed E-state index contributed by atoms with van der Waals surface area (Å²) in [5, 5.41) is 6.15. The van der Waals surface area contributed by atoms with E-state index in [0.29, 0.717) is 5.92 Å². The summed E-state index contributed by atoms with van der Waals surface area (Å²) >= 11 is 1.92. The molecule has 0 saturated heterocycles. The van der Waals surface area contributed by atoms with Gasteiger partial charge in [-0.2, -0.15) is 0 Å². The minimum atomic E-state index is 0.560. The molecule has 1 atom stereocenters. The summed E-state index contributed by atoms with van der Waals surface area (Å²) in [6.45, 7) is 2.31. The van der Waals surface area contributed by atoms with Crippen LogP contribution in [0.25, 0.3) is 60.0 Å². The largest absolute Gasteiger partial charge is 0.456 e. The Kier molecular flexibility index (Phi) is 5.75. The van der Waals surface area contributed by atoms with Crippen LogP contribution < -0.4 is 4.90 Å². The van der Waals surface area contributed by atoms with Crippen molar-refractivity contribution in [3.05, 3.63) is 144 Å². The molecule has 1 unspecified atom stereocenters. The quantitative estimate of drug-likeness (QED) is 0.205. The van der Waals surface area contributed by atoms with Gasteiger partial charge in [0.2, 0.25) is 0 Å². The smallest absolute Gasteiger partial charge is 0.135 e. The number of benzene rings is 6. The molecule has 1 aliphatic carbocycles. The topological polar surface area (TPSA) is 16.4 Å². The summed E-state index contributed by atoms with van der Waals surface area (Å²) in [6, 6.07) is 45.9. The van der Waals surface area contributed by atoms with Crippen molar-refractivity contribution in [2.75, 3.05) is 4.90 Å². The molecule has 210 valence electrons. The molecule has 0 radical (unpaired) electrons. The van der Waals surface area contributed by atoms with Gasteiger partial charge in [-0.25, -0.2) is 0 Å². The molecule has 0 amide bonds. The molecular formula is C41H29NOS. The second-order valence-electron chi connectivity index (χ2n) is 11.8. The second-order valence-corrected chi connectivity index (χ2v) is 12.9. The van der Waals surface area contributed by atoms with E-state index in [1.165, 1.54) is 53.8 Å². The van der Waals surface area contributed by atoms with Crippen LogP contribution in [-0.4, -0.2) is 0 Å². The van der Waals surface area contributed by atoms with E-state index in [4.69, 9.17) is 4.42 Å². The second kappa shape index (κ2) is 9.97. The first-order valence-electron chi connectivity index (χ1n) is 15.2. The zero-order valence-corrected chi connectivity index (χ0v) is 25.1. The zero-order valence-electron chi connectivity index (χ0n) is 24.3. The van der Waals surface area contributed by atoms with E-state index >= 15 is 0 Å². The lowest BCUT2D eigenvalue weighted by atomic mass is 9.93. The summed E-state index contributed by atoms with van der Waals surface area (Å²) < 4.78 is 7.43. The van der Waals surface area contributed by atoms with E-state index < -0.39 is 0 Å². The van der Waals surface area contributed by atoms with Gasteiger partial charge in [0.25, 0.3) is 0 Å². The molecule has 0 saturated carbocycles. The SMILES string of the molecule is CC1C=Cc2sc3c(N(c4ccc(-c5ccc6oc7ccccc7c6c5)cc4)c4cccc5ccccc45)cccc3c2C1. The molecular weight excluding hydrogens is 555 g/mol. The third-order valence-corrected chi connectivity index (χ3v) is 10.3. The number of hydrogen-bond acceptors (Lipinski definition) is 3. The van der Waals surface area contributed by atoms with Crippen LogP contribution in [0.4, 0.5) is 17.1 Å². The van der Waals surface area contributed by atoms with Crippen molar-refractivity contribution in [1.82, 2.24) is 0 Å². The number of fused-ring (bicyclic) bond motifs is 7. The molecule has 8 aromatic rings. The normalized spacial score (nSPS) is 14.5. The van der Waals surface area contributed by atoms with Crippen LogP contribution in [0.1, 0.15) is 17.4 Å². The molecule has 2 nitrogen and oxygen atoms in total. The van der Waals surface area contributed by atoms with Crippen molar-refractivity contribution < 1.29 is 4.42 Å². The number of thiophene rings is 1. The minimum absolute atomic E-state index is 0.560. The molecule has 0 fully saturated rings. The van der Waals surface area contributed by atoms with Gasteiger partial charge in [0.15, 0.2) is 0 Å². The predicted octanol–water partition coefficient (Wildman–Crippen LogP) is 12.3. The summed E-state index contributed by atoms with van der Waals surface area (Å²) in [6.07, 6.45) is 5.77. The summed E-state index contributed by atoms with van der Waals surface area (Å²) in [7, 11) is 0. The van der Waals surface area contributed by atoms with Gasteiger partial charge in [0.1, 0.15) is 11.2 Å². The lowest BCUT2D eigenvalue weighted by molar-refractivity contribution is 0.669. The molecule has 0 bridgehead atoms. The molecule has 44 heavy (non-hydrogen) atoms. The Labute approximate surface area is 260 Å². The maximum absolute atomic E-state index is 6.09. The number of allylic oxidation sites excluding steroid dienone is 1. The number of nitrogens with zero attached hydrogens (tertiary/aromatic N) is 1. The Balaban J connectivity index is 1.21. The Morgan fingerprint density at radius 2 is 1.34 bits per heavy atom. The van der Waals surface area contributed by atoms with E-state index in [9.17, 15) is 0 Å². The van der Waals surface area contributed by atoms with Crippen LogP contribution in [0, 0.1) is 5.92 Å². The third-order valence-electron chi connectivity index (χ3n) is 9.02. The van der Waals surface area contributed by atoms with Crippen LogP contribution >= 0.6 is 11.3 Å². The van der Waals surface area contributed by atoms with Crippen molar-refractivity contribution in [2.45, 2.75) is 13.3 Å². The molecule has 6 aromatic carbocycles. The van der Waals surface area contributed by atoms with Crippen LogP contribution in [0.2, 0.25) is 0 Å². The van der Waals surface area contributed by atoms with Gasteiger partial charge in [-0.1, -0.05) is 97.9 Å². The molecule has 0 aliphatic heterocycles. The van der Waals surface area contributed by atoms with Crippen LogP contribution in [0.15, 0.2) is 138 Å². The standard InChI is InChI=1S/C41H29NOS/c1-26-16-23-40-35(24-26)33-12-7-14-37(41(33)44-40)42(36-13-6-9-28-8-2-3-10-31(28)36)30-20-17-27(18-21-30)29-19-22-39-34(25-29)32-11-4-5-15-38(32)43-39/h2-23,25-26H,24H2,1H3. The first-order valence-corrected chi connectivity index (χ1v) is 16.1. The van der Waals surface area contributed by atoms with E-state index in [1.807, 2.05) is 23.5 Å². The fourth-order valence-electron chi connectivity index (χ4n) is 6.86. The number of anilines is 3. The van der Waals surface area contributed by atoms with Crippen LogP contribution in [0.5, 0.6) is 0 Å². The average Bonchev–Trinajstić information content (AvgIpc) is 3.63. The maximum atomic E-state index is 6.09. The van der Waals surface area contributed by atoms with Crippen LogP contribution in [0.3, 0.4) is 0 Å². The van der Waals surface area contributed by atoms with Crippen molar-refractivity contribution >= 4 is 77.3 Å². The highest BCUT2D eigenvalue weighted by Crippen LogP contribution is 2.47. The van der Waals surface area contributed by atoms with Gasteiger partial charge >= 0.3 is 0 Å². The van der Waals surface area contributed by atoms with Gasteiger partial charge in [-0.15, -0.1) is 11.3 Å². The maximum Gasteiger partial charge on any atom is 0.135 e. The first kappa shape index (κ1) is 25.4. The Morgan fingerprint density at radius 1 is 0.636 bits per heavy atom. The van der Waals surface area contributed by atoms with E-state index in [-0.39, 0.29) is 0 Å². The highest BCUT2D eigenvalue weighted by molar-refractivity contribution is 7.20. The number of hydrogen-bond donors (Lipinski definition) is 0. The number of rotatable bonds is 4. The Bertz CT molecular complexity index is 2390. The molecule has 2 heterocycles. The lowest BCUT2D eigenvalue weighted by Gasteiger charge is -2.27. The lowest BCUT2D eigenvalue weighted by Crippen LogP contribution is -2.10.